The first-order chi connectivity index (χ1) is 29.3. The number of ether oxygens (including phenoxy) is 3. The maximum atomic E-state index is 14.2. The van der Waals surface area contributed by atoms with E-state index in [4.69, 9.17) is 46.3 Å². The molecule has 25 nitrogen and oxygen atoms in total. The smallest absolute Gasteiger partial charge is 0.455 e. The zero-order valence-corrected chi connectivity index (χ0v) is 35.0. The molecule has 1 amide bonds. The molecule has 2 unspecified atom stereocenters. The lowest BCUT2D eigenvalue weighted by atomic mass is 10.0. The Morgan fingerprint density at radius 1 is 0.984 bits per heavy atom. The molecule has 0 radical (unpaired) electrons. The van der Waals surface area contributed by atoms with E-state index in [1.807, 2.05) is 0 Å². The number of imidazole rings is 1. The number of rotatable bonds is 18. The second kappa shape index (κ2) is 19.3. The molecule has 3 aromatic heterocycles. The second-order valence-corrected chi connectivity index (χ2v) is 17.0. The maximum absolute atomic E-state index is 14.2. The zero-order valence-electron chi connectivity index (χ0n) is 32.4. The van der Waals surface area contributed by atoms with E-state index >= 15 is 0 Å². The van der Waals surface area contributed by atoms with E-state index in [1.165, 1.54) is 35.0 Å². The van der Waals surface area contributed by atoms with E-state index in [0.29, 0.717) is 17.0 Å². The molecule has 2 fully saturated rings. The minimum atomic E-state index is -5.43. The summed E-state index contributed by atoms with van der Waals surface area (Å²) in [6, 6.07) is 6.35. The number of phosphoric acid groups is 2. The summed E-state index contributed by atoms with van der Waals surface area (Å²) in [6.45, 7) is 1.63. The van der Waals surface area contributed by atoms with Gasteiger partial charge in [0.2, 0.25) is 5.91 Å². The monoisotopic (exact) mass is 929 g/mol. The number of aromatic nitrogens is 6. The summed E-state index contributed by atoms with van der Waals surface area (Å²) in [6.07, 6.45) is -8.73. The minimum Gasteiger partial charge on any atom is -0.455 e. The summed E-state index contributed by atoms with van der Waals surface area (Å²) in [5, 5.41) is 23.3. The summed E-state index contributed by atoms with van der Waals surface area (Å²) in [5.74, 6) is -1.66. The molecule has 6 rings (SSSR count). The van der Waals surface area contributed by atoms with E-state index in [-0.39, 0.29) is 35.6 Å². The number of nitrogens with two attached hydrogens (primary N) is 2. The van der Waals surface area contributed by atoms with Gasteiger partial charge in [0.15, 0.2) is 30.0 Å². The van der Waals surface area contributed by atoms with Crippen LogP contribution in [0.4, 0.5) is 11.6 Å². The van der Waals surface area contributed by atoms with Crippen molar-refractivity contribution in [2.24, 2.45) is 0 Å². The highest BCUT2D eigenvalue weighted by molar-refractivity contribution is 7.47. The lowest BCUT2D eigenvalue weighted by molar-refractivity contribution is -0.165. The lowest BCUT2D eigenvalue weighted by Crippen LogP contribution is -2.48. The molecule has 9 N–H and O–H groups in total. The summed E-state index contributed by atoms with van der Waals surface area (Å²) >= 11 is 6.07. The highest BCUT2D eigenvalue weighted by atomic mass is 35.5. The normalized spacial score (nSPS) is 25.3. The Balaban J connectivity index is 1.27. The fourth-order valence-corrected chi connectivity index (χ4v) is 8.08. The van der Waals surface area contributed by atoms with Gasteiger partial charge in [-0.15, -0.1) is 6.58 Å². The molecule has 2 saturated heterocycles. The van der Waals surface area contributed by atoms with Crippen LogP contribution in [0.25, 0.3) is 11.2 Å². The topological polar surface area (TPSA) is 359 Å². The Morgan fingerprint density at radius 2 is 1.63 bits per heavy atom. The van der Waals surface area contributed by atoms with Gasteiger partial charge >= 0.3 is 27.3 Å². The Labute approximate surface area is 355 Å². The third-order valence-corrected chi connectivity index (χ3v) is 11.5. The van der Waals surface area contributed by atoms with Crippen LogP contribution < -0.4 is 17.2 Å². The number of fused-ring (bicyclic) bond motifs is 1. The molecule has 336 valence electrons. The van der Waals surface area contributed by atoms with Crippen LogP contribution in [-0.4, -0.2) is 134 Å². The summed E-state index contributed by atoms with van der Waals surface area (Å²) in [4.78, 5) is 86.5. The van der Waals surface area contributed by atoms with Crippen LogP contribution in [0.5, 0.6) is 0 Å². The lowest BCUT2D eigenvalue weighted by Gasteiger charge is -2.30. The molecule has 0 spiro atoms. The molecular formula is C34H42ClN9O16P2. The van der Waals surface area contributed by atoms with Gasteiger partial charge in [-0.1, -0.05) is 29.8 Å². The fraction of sp³-hybridized carbons (Fsp3) is 0.441. The highest BCUT2D eigenvalue weighted by Gasteiger charge is 2.52. The van der Waals surface area contributed by atoms with Gasteiger partial charge in [-0.05, 0) is 30.2 Å². The van der Waals surface area contributed by atoms with Crippen molar-refractivity contribution in [3.8, 4) is 0 Å². The van der Waals surface area contributed by atoms with Crippen LogP contribution in [0.3, 0.4) is 0 Å². The van der Waals surface area contributed by atoms with Gasteiger partial charge in [0.1, 0.15) is 54.2 Å². The number of aliphatic hydroxyl groups is 2. The number of phosphoric ester groups is 2. The molecule has 1 aromatic carbocycles. The van der Waals surface area contributed by atoms with Gasteiger partial charge in [0.05, 0.1) is 19.5 Å². The standard InChI is InChI=1S/C34H42ClN9O16P2/c1-3-4-5-23(45)42(2)19(12-17-6-8-18(35)9-7-17)33(48)59-27-20(57-32(25(27)46)44-16-40-24-29(37)38-15-39-30(24)44)14-56-62(53,54)60-28-21(13-55-61(50,51)52)58-31(26(28)47)43-11-10-22(36)41-34(43)49/h3,6-11,15-16,19-21,25-28,31-32,46-47H,1,4-5,12-14H2,2H3,(H,53,54)(H2,36,41,49)(H2,37,38,39)(H2,50,51,52)/t19?,20-,21+,25+,26+,27+,28+,31+,32+/m0/s1. The van der Waals surface area contributed by atoms with Crippen molar-refractivity contribution in [1.82, 2.24) is 34.0 Å². The van der Waals surface area contributed by atoms with E-state index in [2.05, 4.69) is 31.0 Å². The number of carbonyl (C=O) groups excluding carboxylic acids is 2. The van der Waals surface area contributed by atoms with Crippen molar-refractivity contribution in [1.29, 1.82) is 0 Å². The number of benzene rings is 1. The predicted molar refractivity (Wildman–Crippen MR) is 212 cm³/mol. The molecule has 2 aliphatic rings. The van der Waals surface area contributed by atoms with Gasteiger partial charge in [-0.2, -0.15) is 4.98 Å². The van der Waals surface area contributed by atoms with Crippen LogP contribution in [0.2, 0.25) is 5.02 Å². The van der Waals surface area contributed by atoms with Crippen molar-refractivity contribution < 1.29 is 71.4 Å². The van der Waals surface area contributed by atoms with Crippen LogP contribution in [-0.2, 0) is 52.9 Å². The first-order valence-electron chi connectivity index (χ1n) is 18.4. The number of nitrogens with zero attached hydrogens (tertiary/aromatic N) is 7. The number of aliphatic hydroxyl groups excluding tert-OH is 2. The zero-order chi connectivity index (χ0) is 45.1. The van der Waals surface area contributed by atoms with Crippen molar-refractivity contribution in [2.75, 3.05) is 31.7 Å². The molecule has 0 bridgehead atoms. The molecule has 28 heteroatoms. The van der Waals surface area contributed by atoms with Crippen molar-refractivity contribution in [3.05, 3.63) is 82.9 Å². The van der Waals surface area contributed by atoms with Crippen LogP contribution in [0.15, 0.2) is 66.6 Å². The molecular weight excluding hydrogens is 888 g/mol. The third-order valence-electron chi connectivity index (χ3n) is 9.76. The molecule has 2 aliphatic heterocycles. The number of nitrogen functional groups attached to an aromatic ring is 2. The molecule has 5 heterocycles. The van der Waals surface area contributed by atoms with E-state index in [0.717, 1.165) is 17.1 Å². The van der Waals surface area contributed by atoms with Gasteiger partial charge in [-0.3, -0.25) is 27.5 Å². The number of esters is 1. The Bertz CT molecular complexity index is 2420. The Hall–Kier alpha value is -4.72. The van der Waals surface area contributed by atoms with Crippen molar-refractivity contribution >= 4 is 61.9 Å². The number of hydrogen-bond acceptors (Lipinski definition) is 19. The molecule has 0 saturated carbocycles. The number of carbonyl (C=O) groups is 2. The SMILES string of the molecule is C=CCCC(=O)N(C)C(Cc1ccc(Cl)cc1)C(=O)O[C@H]1[C@@H](O)[C@H](n2cnc3c(N)ncnc32)O[C@H]1COP(=O)(O)O[C@H]1[C@@H](O)[C@H](n2ccc(N)nc2=O)O[C@@H]1COP(=O)(O)O. The van der Waals surface area contributed by atoms with Crippen LogP contribution in [0.1, 0.15) is 30.9 Å². The van der Waals surface area contributed by atoms with E-state index in [1.54, 1.807) is 24.3 Å². The van der Waals surface area contributed by atoms with Gasteiger partial charge in [0.25, 0.3) is 0 Å². The van der Waals surface area contributed by atoms with Gasteiger partial charge in [0, 0.05) is 31.1 Å². The summed E-state index contributed by atoms with van der Waals surface area (Å²) in [7, 11) is -9.21. The van der Waals surface area contributed by atoms with Gasteiger partial charge < -0.3 is 55.5 Å². The molecule has 0 aliphatic carbocycles. The number of anilines is 2. The second-order valence-electron chi connectivity index (χ2n) is 13.9. The number of halogens is 1. The molecule has 62 heavy (non-hydrogen) atoms. The third kappa shape index (κ3) is 10.9. The number of hydrogen-bond donors (Lipinski definition) is 7. The van der Waals surface area contributed by atoms with Crippen molar-refractivity contribution in [2.45, 2.75) is 74.4 Å². The van der Waals surface area contributed by atoms with Crippen LogP contribution >= 0.6 is 27.2 Å². The van der Waals surface area contributed by atoms with E-state index < -0.39 is 102 Å². The average Bonchev–Trinajstić information content (AvgIpc) is 3.87. The quantitative estimate of drug-likeness (QED) is 0.0391. The Kier molecular flexibility index (Phi) is 14.6. The predicted octanol–water partition coefficient (Wildman–Crippen LogP) is -0.0232. The number of likely N-dealkylation sites (N-methyl/N-ethyl adjacent to an activating group) is 1. The van der Waals surface area contributed by atoms with Crippen LogP contribution in [0, 0.1) is 0 Å². The van der Waals surface area contributed by atoms with E-state index in [9.17, 15) is 48.4 Å². The number of amides is 1. The summed E-state index contributed by atoms with van der Waals surface area (Å²) in [5.41, 5.74) is 11.3. The summed E-state index contributed by atoms with van der Waals surface area (Å²) < 4.78 is 59.7. The first kappa shape index (κ1) is 46.8. The largest absolute Gasteiger partial charge is 0.472 e. The van der Waals surface area contributed by atoms with Crippen molar-refractivity contribution in [3.63, 3.8) is 0 Å². The number of allylic oxidation sites excluding steroid dienone is 1. The minimum absolute atomic E-state index is 0.00393. The molecule has 10 atom stereocenters. The average molecular weight is 930 g/mol. The Morgan fingerprint density at radius 3 is 2.29 bits per heavy atom. The maximum Gasteiger partial charge on any atom is 0.472 e. The highest BCUT2D eigenvalue weighted by Crippen LogP contribution is 2.50. The molecule has 4 aromatic rings. The first-order valence-corrected chi connectivity index (χ1v) is 21.8. The fourth-order valence-electron chi connectivity index (χ4n) is 6.65. The van der Waals surface area contributed by atoms with Gasteiger partial charge in [-0.25, -0.2) is 33.7 Å².